The van der Waals surface area contributed by atoms with E-state index in [1.807, 2.05) is 6.92 Å². The van der Waals surface area contributed by atoms with Crippen molar-refractivity contribution in [1.29, 1.82) is 0 Å². The van der Waals surface area contributed by atoms with E-state index in [0.717, 1.165) is 12.8 Å². The van der Waals surface area contributed by atoms with E-state index in [1.54, 1.807) is 4.90 Å². The first-order chi connectivity index (χ1) is 8.43. The van der Waals surface area contributed by atoms with Crippen molar-refractivity contribution in [3.8, 4) is 0 Å². The van der Waals surface area contributed by atoms with E-state index >= 15 is 0 Å². The Labute approximate surface area is 109 Å². The van der Waals surface area contributed by atoms with Gasteiger partial charge in [0.2, 0.25) is 0 Å². The summed E-state index contributed by atoms with van der Waals surface area (Å²) in [5.74, 6) is 0.00575. The SMILES string of the molecule is CCC[C@@H](NC(=O)N1CC(C)CC(C)C1)C(=O)O. The van der Waals surface area contributed by atoms with Gasteiger partial charge in [0.1, 0.15) is 6.04 Å². The van der Waals surface area contributed by atoms with Gasteiger partial charge >= 0.3 is 12.0 Å². The van der Waals surface area contributed by atoms with Gasteiger partial charge in [0.25, 0.3) is 0 Å². The van der Waals surface area contributed by atoms with E-state index in [-0.39, 0.29) is 6.03 Å². The van der Waals surface area contributed by atoms with Gasteiger partial charge in [-0.2, -0.15) is 0 Å². The van der Waals surface area contributed by atoms with Crippen LogP contribution in [0.25, 0.3) is 0 Å². The Morgan fingerprint density at radius 1 is 1.33 bits per heavy atom. The van der Waals surface area contributed by atoms with Crippen molar-refractivity contribution in [3.63, 3.8) is 0 Å². The fraction of sp³-hybridized carbons (Fsp3) is 0.846. The molecule has 2 N–H and O–H groups in total. The number of carboxylic acids is 1. The fourth-order valence-electron chi connectivity index (χ4n) is 2.62. The molecule has 1 aliphatic rings. The van der Waals surface area contributed by atoms with Crippen molar-refractivity contribution in [2.75, 3.05) is 13.1 Å². The van der Waals surface area contributed by atoms with Crippen molar-refractivity contribution in [2.45, 2.75) is 46.1 Å². The standard InChI is InChI=1S/C13H24N2O3/c1-4-5-11(12(16)17)14-13(18)15-7-9(2)6-10(3)8-15/h9-11H,4-8H2,1-3H3,(H,14,18)(H,16,17)/t9?,10?,11-/m1/s1. The molecule has 0 radical (unpaired) electrons. The Kier molecular flexibility index (Phi) is 5.44. The van der Waals surface area contributed by atoms with Crippen LogP contribution < -0.4 is 5.32 Å². The first kappa shape index (κ1) is 14.8. The van der Waals surface area contributed by atoms with Crippen molar-refractivity contribution >= 4 is 12.0 Å². The molecule has 0 aliphatic carbocycles. The van der Waals surface area contributed by atoms with Gasteiger partial charge in [-0.3, -0.25) is 0 Å². The number of nitrogens with one attached hydrogen (secondary N) is 1. The van der Waals surface area contributed by atoms with Gasteiger partial charge in [-0.1, -0.05) is 27.2 Å². The Morgan fingerprint density at radius 2 is 1.89 bits per heavy atom. The van der Waals surface area contributed by atoms with E-state index in [2.05, 4.69) is 19.2 Å². The molecule has 1 rings (SSSR count). The van der Waals surface area contributed by atoms with Crippen molar-refractivity contribution in [1.82, 2.24) is 10.2 Å². The zero-order valence-corrected chi connectivity index (χ0v) is 11.5. The number of nitrogens with zero attached hydrogens (tertiary/aromatic N) is 1. The lowest BCUT2D eigenvalue weighted by molar-refractivity contribution is -0.139. The van der Waals surface area contributed by atoms with Crippen LogP contribution in [0.1, 0.15) is 40.0 Å². The smallest absolute Gasteiger partial charge is 0.326 e. The van der Waals surface area contributed by atoms with Gasteiger partial charge in [-0.25, -0.2) is 9.59 Å². The molecule has 0 aromatic rings. The molecule has 1 aliphatic heterocycles. The summed E-state index contributed by atoms with van der Waals surface area (Å²) in [6.07, 6.45) is 2.34. The molecule has 1 saturated heterocycles. The van der Waals surface area contributed by atoms with Crippen molar-refractivity contribution in [3.05, 3.63) is 0 Å². The number of carbonyl (C=O) groups is 2. The molecule has 18 heavy (non-hydrogen) atoms. The van der Waals surface area contributed by atoms with Gasteiger partial charge < -0.3 is 15.3 Å². The maximum Gasteiger partial charge on any atom is 0.326 e. The van der Waals surface area contributed by atoms with Gasteiger partial charge in [0, 0.05) is 13.1 Å². The highest BCUT2D eigenvalue weighted by molar-refractivity contribution is 5.82. The third-order valence-corrected chi connectivity index (χ3v) is 3.33. The number of carbonyl (C=O) groups excluding carboxylic acids is 1. The van der Waals surface area contributed by atoms with Gasteiger partial charge in [-0.15, -0.1) is 0 Å². The maximum atomic E-state index is 12.0. The highest BCUT2D eigenvalue weighted by atomic mass is 16.4. The molecule has 0 aromatic heterocycles. The number of amides is 2. The highest BCUT2D eigenvalue weighted by Gasteiger charge is 2.28. The van der Waals surface area contributed by atoms with Crippen LogP contribution in [0.4, 0.5) is 4.79 Å². The average Bonchev–Trinajstić information content (AvgIpc) is 2.26. The minimum absolute atomic E-state index is 0.241. The first-order valence-corrected chi connectivity index (χ1v) is 6.72. The monoisotopic (exact) mass is 256 g/mol. The minimum Gasteiger partial charge on any atom is -0.480 e. The summed E-state index contributed by atoms with van der Waals surface area (Å²) in [6, 6.07) is -1.01. The zero-order chi connectivity index (χ0) is 13.7. The molecule has 5 nitrogen and oxygen atoms in total. The van der Waals surface area contributed by atoms with E-state index in [0.29, 0.717) is 31.3 Å². The summed E-state index contributed by atoms with van der Waals surface area (Å²) in [5, 5.41) is 11.6. The zero-order valence-electron chi connectivity index (χ0n) is 11.5. The molecule has 3 atom stereocenters. The van der Waals surface area contributed by atoms with Crippen LogP contribution in [0.15, 0.2) is 0 Å². The highest BCUT2D eigenvalue weighted by Crippen LogP contribution is 2.20. The predicted octanol–water partition coefficient (Wildman–Crippen LogP) is 1.93. The molecule has 0 aromatic carbocycles. The number of carboxylic acid groups (broad SMARTS) is 1. The quantitative estimate of drug-likeness (QED) is 0.807. The second-order valence-electron chi connectivity index (χ2n) is 5.48. The third kappa shape index (κ3) is 4.20. The third-order valence-electron chi connectivity index (χ3n) is 3.33. The van der Waals surface area contributed by atoms with Crippen LogP contribution in [-0.4, -0.2) is 41.1 Å². The number of rotatable bonds is 4. The lowest BCUT2D eigenvalue weighted by Crippen LogP contribution is -2.51. The lowest BCUT2D eigenvalue weighted by atomic mass is 9.92. The molecule has 0 spiro atoms. The molecule has 2 unspecified atom stereocenters. The summed E-state index contributed by atoms with van der Waals surface area (Å²) in [7, 11) is 0. The number of hydrogen-bond donors (Lipinski definition) is 2. The molecule has 5 heteroatoms. The predicted molar refractivity (Wildman–Crippen MR) is 69.4 cm³/mol. The molecule has 0 bridgehead atoms. The van der Waals surface area contributed by atoms with Gasteiger partial charge in [0.05, 0.1) is 0 Å². The molecule has 0 saturated carbocycles. The van der Waals surface area contributed by atoms with Gasteiger partial charge in [-0.05, 0) is 24.7 Å². The number of urea groups is 1. The van der Waals surface area contributed by atoms with Crippen LogP contribution in [0.2, 0.25) is 0 Å². The number of hydrogen-bond acceptors (Lipinski definition) is 2. The number of aliphatic carboxylic acids is 1. The van der Waals surface area contributed by atoms with Crippen LogP contribution in [0.5, 0.6) is 0 Å². The molecular weight excluding hydrogens is 232 g/mol. The average molecular weight is 256 g/mol. The largest absolute Gasteiger partial charge is 0.480 e. The Morgan fingerprint density at radius 3 is 2.33 bits per heavy atom. The summed E-state index contributed by atoms with van der Waals surface area (Å²) >= 11 is 0. The normalized spacial score (nSPS) is 25.6. The van der Waals surface area contributed by atoms with E-state index in [4.69, 9.17) is 5.11 Å². The summed E-state index contributed by atoms with van der Waals surface area (Å²) in [4.78, 5) is 24.8. The molecule has 1 heterocycles. The second-order valence-corrected chi connectivity index (χ2v) is 5.48. The minimum atomic E-state index is -0.955. The van der Waals surface area contributed by atoms with E-state index in [9.17, 15) is 9.59 Å². The lowest BCUT2D eigenvalue weighted by Gasteiger charge is -2.35. The topological polar surface area (TPSA) is 69.6 Å². The summed E-state index contributed by atoms with van der Waals surface area (Å²) in [6.45, 7) is 7.59. The summed E-state index contributed by atoms with van der Waals surface area (Å²) < 4.78 is 0. The first-order valence-electron chi connectivity index (χ1n) is 6.72. The maximum absolute atomic E-state index is 12.0. The van der Waals surface area contributed by atoms with E-state index < -0.39 is 12.0 Å². The number of likely N-dealkylation sites (tertiary alicyclic amines) is 1. The Bertz CT molecular complexity index is 297. The van der Waals surface area contributed by atoms with Crippen molar-refractivity contribution < 1.29 is 14.7 Å². The van der Waals surface area contributed by atoms with Crippen LogP contribution in [0, 0.1) is 11.8 Å². The number of piperidine rings is 1. The van der Waals surface area contributed by atoms with Crippen LogP contribution in [-0.2, 0) is 4.79 Å². The van der Waals surface area contributed by atoms with Crippen molar-refractivity contribution in [2.24, 2.45) is 11.8 Å². The molecule has 2 amide bonds. The molecule has 104 valence electrons. The molecular formula is C13H24N2O3. The van der Waals surface area contributed by atoms with Crippen LogP contribution >= 0.6 is 0 Å². The molecule has 1 fully saturated rings. The second kappa shape index (κ2) is 6.61. The fourth-order valence-corrected chi connectivity index (χ4v) is 2.62. The Balaban J connectivity index is 2.55. The summed E-state index contributed by atoms with van der Waals surface area (Å²) in [5.41, 5.74) is 0. The van der Waals surface area contributed by atoms with Crippen LogP contribution in [0.3, 0.4) is 0 Å². The van der Waals surface area contributed by atoms with Gasteiger partial charge in [0.15, 0.2) is 0 Å². The Hall–Kier alpha value is -1.26. The van der Waals surface area contributed by atoms with E-state index in [1.165, 1.54) is 0 Å².